The second kappa shape index (κ2) is 7.27. The van der Waals surface area contributed by atoms with Crippen LogP contribution in [0.15, 0.2) is 18.3 Å². The van der Waals surface area contributed by atoms with Crippen molar-refractivity contribution in [2.24, 2.45) is 0 Å². The molecule has 2 heterocycles. The molecule has 2 aromatic rings. The standard InChI is InChI=1S/C17H19N3O2S2/c1-10-7-8-18-13(9-10)19-17(23)20-15-14(16(21)22-2)11-5-3-4-6-12(11)24-15/h7-9H,3-6H2,1-2H3,(H2,18,19,20,23). The molecule has 5 nitrogen and oxygen atoms in total. The number of aromatic nitrogens is 1. The van der Waals surface area contributed by atoms with E-state index in [0.29, 0.717) is 16.5 Å². The number of rotatable bonds is 3. The minimum atomic E-state index is -0.312. The molecule has 24 heavy (non-hydrogen) atoms. The number of pyridine rings is 1. The first kappa shape index (κ1) is 16.9. The molecule has 0 amide bonds. The Hall–Kier alpha value is -1.99. The highest BCUT2D eigenvalue weighted by molar-refractivity contribution is 7.80. The fourth-order valence-corrected chi connectivity index (χ4v) is 4.38. The number of methoxy groups -OCH3 is 1. The summed E-state index contributed by atoms with van der Waals surface area (Å²) in [7, 11) is 1.41. The van der Waals surface area contributed by atoms with Crippen molar-refractivity contribution in [3.05, 3.63) is 39.9 Å². The van der Waals surface area contributed by atoms with Gasteiger partial charge in [-0.05, 0) is 68.1 Å². The van der Waals surface area contributed by atoms with E-state index in [1.807, 2.05) is 19.1 Å². The Morgan fingerprint density at radius 3 is 2.88 bits per heavy atom. The summed E-state index contributed by atoms with van der Waals surface area (Å²) >= 11 is 6.96. The van der Waals surface area contributed by atoms with E-state index in [1.165, 1.54) is 12.0 Å². The summed E-state index contributed by atoms with van der Waals surface area (Å²) in [5.41, 5.74) is 2.83. The number of fused-ring (bicyclic) bond motifs is 1. The average molecular weight is 361 g/mol. The van der Waals surface area contributed by atoms with Crippen LogP contribution < -0.4 is 10.6 Å². The van der Waals surface area contributed by atoms with Gasteiger partial charge in [-0.1, -0.05) is 0 Å². The van der Waals surface area contributed by atoms with Gasteiger partial charge in [0, 0.05) is 11.1 Å². The monoisotopic (exact) mass is 361 g/mol. The summed E-state index contributed by atoms with van der Waals surface area (Å²) in [6, 6.07) is 3.83. The predicted molar refractivity (Wildman–Crippen MR) is 101 cm³/mol. The summed E-state index contributed by atoms with van der Waals surface area (Å²) < 4.78 is 4.97. The van der Waals surface area contributed by atoms with Crippen molar-refractivity contribution >= 4 is 45.5 Å². The lowest BCUT2D eigenvalue weighted by Gasteiger charge is -2.12. The van der Waals surface area contributed by atoms with Crippen molar-refractivity contribution in [2.75, 3.05) is 17.7 Å². The number of anilines is 2. The van der Waals surface area contributed by atoms with Gasteiger partial charge in [-0.25, -0.2) is 9.78 Å². The first-order valence-electron chi connectivity index (χ1n) is 7.82. The van der Waals surface area contributed by atoms with Crippen molar-refractivity contribution in [1.29, 1.82) is 0 Å². The third-order valence-corrected chi connectivity index (χ3v) is 5.36. The maximum atomic E-state index is 12.2. The molecule has 0 radical (unpaired) electrons. The van der Waals surface area contributed by atoms with Crippen molar-refractivity contribution < 1.29 is 9.53 Å². The third-order valence-electron chi connectivity index (χ3n) is 3.94. The third kappa shape index (κ3) is 3.57. The van der Waals surface area contributed by atoms with E-state index >= 15 is 0 Å². The lowest BCUT2D eigenvalue weighted by molar-refractivity contribution is 0.0601. The van der Waals surface area contributed by atoms with Gasteiger partial charge in [0.05, 0.1) is 12.7 Å². The zero-order chi connectivity index (χ0) is 17.1. The van der Waals surface area contributed by atoms with E-state index in [1.54, 1.807) is 17.5 Å². The number of ether oxygens (including phenoxy) is 1. The van der Waals surface area contributed by atoms with E-state index in [2.05, 4.69) is 15.6 Å². The summed E-state index contributed by atoms with van der Waals surface area (Å²) in [4.78, 5) is 17.7. The number of nitrogens with one attached hydrogen (secondary N) is 2. The Kier molecular flexibility index (Phi) is 5.11. The number of hydrogen-bond donors (Lipinski definition) is 2. The summed E-state index contributed by atoms with van der Waals surface area (Å²) in [6.07, 6.45) is 5.90. The zero-order valence-corrected chi connectivity index (χ0v) is 15.3. The van der Waals surface area contributed by atoms with Crippen LogP contribution in [-0.4, -0.2) is 23.2 Å². The van der Waals surface area contributed by atoms with E-state index in [9.17, 15) is 4.79 Å². The largest absolute Gasteiger partial charge is 0.465 e. The van der Waals surface area contributed by atoms with Gasteiger partial charge in [-0.15, -0.1) is 11.3 Å². The van der Waals surface area contributed by atoms with Gasteiger partial charge in [-0.2, -0.15) is 0 Å². The molecule has 0 aromatic carbocycles. The summed E-state index contributed by atoms with van der Waals surface area (Å²) in [6.45, 7) is 1.99. The number of nitrogens with zero attached hydrogens (tertiary/aromatic N) is 1. The molecule has 0 unspecified atom stereocenters. The molecule has 1 aliphatic rings. The summed E-state index contributed by atoms with van der Waals surface area (Å²) in [5, 5.41) is 7.37. The minimum absolute atomic E-state index is 0.312. The van der Waals surface area contributed by atoms with Crippen molar-refractivity contribution in [2.45, 2.75) is 32.6 Å². The topological polar surface area (TPSA) is 63.2 Å². The smallest absolute Gasteiger partial charge is 0.341 e. The molecule has 0 saturated heterocycles. The number of aryl methyl sites for hydroxylation is 2. The van der Waals surface area contributed by atoms with E-state index in [-0.39, 0.29) is 5.97 Å². The molecule has 0 bridgehead atoms. The number of hydrogen-bond acceptors (Lipinski definition) is 5. The first-order valence-corrected chi connectivity index (χ1v) is 9.04. The van der Waals surface area contributed by atoms with Crippen LogP contribution in [0.3, 0.4) is 0 Å². The SMILES string of the molecule is COC(=O)c1c(NC(=S)Nc2cc(C)ccn2)sc2c1CCCC2. The van der Waals surface area contributed by atoms with Gasteiger partial charge in [0.1, 0.15) is 10.8 Å². The number of carbonyl (C=O) groups is 1. The highest BCUT2D eigenvalue weighted by atomic mass is 32.1. The molecule has 2 aromatic heterocycles. The Balaban J connectivity index is 1.82. The van der Waals surface area contributed by atoms with E-state index < -0.39 is 0 Å². The minimum Gasteiger partial charge on any atom is -0.465 e. The Bertz CT molecular complexity index is 786. The van der Waals surface area contributed by atoms with Gasteiger partial charge < -0.3 is 15.4 Å². The second-order valence-corrected chi connectivity index (χ2v) is 7.22. The highest BCUT2D eigenvalue weighted by Crippen LogP contribution is 2.38. The molecule has 7 heteroatoms. The van der Waals surface area contributed by atoms with Crippen LogP contribution in [0.25, 0.3) is 0 Å². The second-order valence-electron chi connectivity index (χ2n) is 5.70. The highest BCUT2D eigenvalue weighted by Gasteiger charge is 2.26. The number of esters is 1. The van der Waals surface area contributed by atoms with Crippen LogP contribution in [0, 0.1) is 6.92 Å². The van der Waals surface area contributed by atoms with Crippen molar-refractivity contribution in [3.8, 4) is 0 Å². The fraction of sp³-hybridized carbons (Fsp3) is 0.353. The molecule has 0 saturated carbocycles. The van der Waals surface area contributed by atoms with E-state index in [4.69, 9.17) is 17.0 Å². The van der Waals surface area contributed by atoms with Gasteiger partial charge in [0.15, 0.2) is 5.11 Å². The van der Waals surface area contributed by atoms with Gasteiger partial charge in [-0.3, -0.25) is 0 Å². The first-order chi connectivity index (χ1) is 11.6. The zero-order valence-electron chi connectivity index (χ0n) is 13.6. The molecule has 0 spiro atoms. The number of thiocarbonyl (C=S) groups is 1. The Morgan fingerprint density at radius 1 is 1.33 bits per heavy atom. The molecule has 126 valence electrons. The van der Waals surface area contributed by atoms with Crippen molar-refractivity contribution in [3.63, 3.8) is 0 Å². The van der Waals surface area contributed by atoms with Crippen LogP contribution >= 0.6 is 23.6 Å². The van der Waals surface area contributed by atoms with Crippen molar-refractivity contribution in [1.82, 2.24) is 4.98 Å². The quantitative estimate of drug-likeness (QED) is 0.638. The van der Waals surface area contributed by atoms with Crippen LogP contribution in [0.1, 0.15) is 39.2 Å². The number of thiophene rings is 1. The Labute approximate surface area is 150 Å². The van der Waals surface area contributed by atoms with E-state index in [0.717, 1.165) is 41.8 Å². The number of carbonyl (C=O) groups excluding carboxylic acids is 1. The normalized spacial score (nSPS) is 13.1. The van der Waals surface area contributed by atoms with Crippen LogP contribution in [-0.2, 0) is 17.6 Å². The van der Waals surface area contributed by atoms with Crippen LogP contribution in [0.5, 0.6) is 0 Å². The van der Waals surface area contributed by atoms with Gasteiger partial charge >= 0.3 is 5.97 Å². The van der Waals surface area contributed by atoms with Gasteiger partial charge in [0.2, 0.25) is 0 Å². The molecule has 3 rings (SSSR count). The molecule has 0 aliphatic heterocycles. The fourth-order valence-electron chi connectivity index (χ4n) is 2.83. The molecular weight excluding hydrogens is 342 g/mol. The summed E-state index contributed by atoms with van der Waals surface area (Å²) in [5.74, 6) is 0.363. The average Bonchev–Trinajstić information content (AvgIpc) is 2.91. The molecular formula is C17H19N3O2S2. The lowest BCUT2D eigenvalue weighted by atomic mass is 9.95. The maximum absolute atomic E-state index is 12.2. The van der Waals surface area contributed by atoms with Gasteiger partial charge in [0.25, 0.3) is 0 Å². The van der Waals surface area contributed by atoms with Crippen LogP contribution in [0.4, 0.5) is 10.8 Å². The molecule has 0 fully saturated rings. The Morgan fingerprint density at radius 2 is 2.12 bits per heavy atom. The van der Waals surface area contributed by atoms with Crippen LogP contribution in [0.2, 0.25) is 0 Å². The molecule has 1 aliphatic carbocycles. The lowest BCUT2D eigenvalue weighted by Crippen LogP contribution is -2.21. The maximum Gasteiger partial charge on any atom is 0.341 e. The molecule has 0 atom stereocenters. The molecule has 2 N–H and O–H groups in total. The predicted octanol–water partition coefficient (Wildman–Crippen LogP) is 3.93.